The van der Waals surface area contributed by atoms with Crippen LogP contribution in [0.25, 0.3) is 6.08 Å². The Hall–Kier alpha value is -1.66. The van der Waals surface area contributed by atoms with Crippen molar-refractivity contribution in [3.05, 3.63) is 28.0 Å². The number of amides is 1. The zero-order valence-electron chi connectivity index (χ0n) is 10.4. The lowest BCUT2D eigenvalue weighted by Crippen LogP contribution is -2.39. The third-order valence-electron chi connectivity index (χ3n) is 3.13. The molecule has 0 radical (unpaired) electrons. The average molecular weight is 281 g/mol. The molecule has 2 N–H and O–H groups in total. The lowest BCUT2D eigenvalue weighted by atomic mass is 10.2. The van der Waals surface area contributed by atoms with E-state index in [1.165, 1.54) is 22.3 Å². The number of nitrogens with zero attached hydrogens (tertiary/aromatic N) is 1. The molecule has 0 aromatic carbocycles. The van der Waals surface area contributed by atoms with Crippen LogP contribution in [0.3, 0.4) is 0 Å². The molecule has 6 heteroatoms. The van der Waals surface area contributed by atoms with Crippen LogP contribution in [0.5, 0.6) is 0 Å². The van der Waals surface area contributed by atoms with Gasteiger partial charge in [0.25, 0.3) is 0 Å². The molecule has 0 bridgehead atoms. The van der Waals surface area contributed by atoms with E-state index in [9.17, 15) is 14.7 Å². The third kappa shape index (κ3) is 3.02. The van der Waals surface area contributed by atoms with E-state index in [-0.39, 0.29) is 18.9 Å². The maximum absolute atomic E-state index is 12.0. The van der Waals surface area contributed by atoms with Gasteiger partial charge in [-0.2, -0.15) is 0 Å². The number of carbonyl (C=O) groups is 2. The zero-order valence-corrected chi connectivity index (χ0v) is 11.3. The van der Waals surface area contributed by atoms with Crippen molar-refractivity contribution in [2.24, 2.45) is 0 Å². The summed E-state index contributed by atoms with van der Waals surface area (Å²) in [4.78, 5) is 25.2. The SMILES string of the molecule is Cc1ccsc1C=CC(=O)N1C[C@H](O)C[C@H]1C(=O)O. The van der Waals surface area contributed by atoms with Crippen LogP contribution < -0.4 is 0 Å². The molecular formula is C13H15NO4S. The number of aliphatic carboxylic acids is 1. The number of aryl methyl sites for hydroxylation is 1. The van der Waals surface area contributed by atoms with Gasteiger partial charge in [-0.15, -0.1) is 11.3 Å². The first-order valence-corrected chi connectivity index (χ1v) is 6.80. The monoisotopic (exact) mass is 281 g/mol. The number of likely N-dealkylation sites (tertiary alicyclic amines) is 1. The van der Waals surface area contributed by atoms with Gasteiger partial charge in [0.15, 0.2) is 0 Å². The predicted octanol–water partition coefficient (Wildman–Crippen LogP) is 1.12. The number of β-amino-alcohol motifs (C(OH)–C–C–N with tert-alkyl or cyclic N) is 1. The molecule has 1 fully saturated rings. The maximum atomic E-state index is 12.0. The summed E-state index contributed by atoms with van der Waals surface area (Å²) in [6.45, 7) is 2.02. The Bertz CT molecular complexity index is 522. The third-order valence-corrected chi connectivity index (χ3v) is 4.11. The highest BCUT2D eigenvalue weighted by atomic mass is 32.1. The number of hydrogen-bond donors (Lipinski definition) is 2. The highest BCUT2D eigenvalue weighted by Crippen LogP contribution is 2.20. The Labute approximate surface area is 114 Å². The smallest absolute Gasteiger partial charge is 0.326 e. The van der Waals surface area contributed by atoms with Crippen LogP contribution in [-0.4, -0.2) is 45.7 Å². The van der Waals surface area contributed by atoms with E-state index < -0.39 is 18.1 Å². The maximum Gasteiger partial charge on any atom is 0.326 e. The standard InChI is InChI=1S/C13H15NO4S/c1-8-4-5-19-11(8)2-3-12(16)14-7-9(15)6-10(14)13(17)18/h2-5,9-10,15H,6-7H2,1H3,(H,17,18)/t9-,10+/m1/s1. The normalized spacial score (nSPS) is 23.2. The van der Waals surface area contributed by atoms with Crippen molar-refractivity contribution < 1.29 is 19.8 Å². The van der Waals surface area contributed by atoms with Gasteiger partial charge >= 0.3 is 5.97 Å². The van der Waals surface area contributed by atoms with Gasteiger partial charge in [0.05, 0.1) is 6.10 Å². The van der Waals surface area contributed by atoms with Crippen LogP contribution in [0.15, 0.2) is 17.5 Å². The molecule has 1 saturated heterocycles. The summed E-state index contributed by atoms with van der Waals surface area (Å²) in [5.74, 6) is -1.46. The molecule has 0 unspecified atom stereocenters. The average Bonchev–Trinajstić information content (AvgIpc) is 2.92. The molecule has 19 heavy (non-hydrogen) atoms. The lowest BCUT2D eigenvalue weighted by Gasteiger charge is -2.19. The van der Waals surface area contributed by atoms with E-state index in [2.05, 4.69) is 0 Å². The largest absolute Gasteiger partial charge is 0.480 e. The van der Waals surface area contributed by atoms with Gasteiger partial charge in [0.2, 0.25) is 5.91 Å². The number of rotatable bonds is 3. The van der Waals surface area contributed by atoms with Gasteiger partial charge in [-0.25, -0.2) is 4.79 Å². The fourth-order valence-electron chi connectivity index (χ4n) is 2.09. The molecular weight excluding hydrogens is 266 g/mol. The van der Waals surface area contributed by atoms with Gasteiger partial charge in [-0.1, -0.05) is 0 Å². The summed E-state index contributed by atoms with van der Waals surface area (Å²) in [6, 6.07) is 1.02. The molecule has 2 atom stereocenters. The second-order valence-electron chi connectivity index (χ2n) is 4.54. The first-order chi connectivity index (χ1) is 8.99. The van der Waals surface area contributed by atoms with Crippen molar-refractivity contribution in [2.45, 2.75) is 25.5 Å². The molecule has 1 aliphatic rings. The number of hydrogen-bond acceptors (Lipinski definition) is 4. The topological polar surface area (TPSA) is 77.8 Å². The summed E-state index contributed by atoms with van der Waals surface area (Å²) in [7, 11) is 0. The Morgan fingerprint density at radius 2 is 2.26 bits per heavy atom. The van der Waals surface area contributed by atoms with Gasteiger partial charge in [-0.05, 0) is 30.0 Å². The lowest BCUT2D eigenvalue weighted by molar-refractivity contribution is -0.146. The van der Waals surface area contributed by atoms with E-state index in [1.807, 2.05) is 18.4 Å². The minimum atomic E-state index is -1.08. The molecule has 1 aromatic rings. The Morgan fingerprint density at radius 1 is 1.53 bits per heavy atom. The van der Waals surface area contributed by atoms with E-state index >= 15 is 0 Å². The number of aliphatic hydroxyl groups is 1. The van der Waals surface area contributed by atoms with Gasteiger partial charge < -0.3 is 15.1 Å². The highest BCUT2D eigenvalue weighted by Gasteiger charge is 2.37. The summed E-state index contributed by atoms with van der Waals surface area (Å²) >= 11 is 1.52. The molecule has 5 nitrogen and oxygen atoms in total. The first kappa shape index (κ1) is 13.8. The van der Waals surface area contributed by atoms with Crippen LogP contribution in [0.1, 0.15) is 16.9 Å². The minimum absolute atomic E-state index is 0.0730. The molecule has 1 aliphatic heterocycles. The van der Waals surface area contributed by atoms with E-state index in [4.69, 9.17) is 5.11 Å². The first-order valence-electron chi connectivity index (χ1n) is 5.92. The molecule has 0 saturated carbocycles. The molecule has 2 rings (SSSR count). The van der Waals surface area contributed by atoms with Gasteiger partial charge in [-0.3, -0.25) is 4.79 Å². The van der Waals surface area contributed by atoms with E-state index in [0.29, 0.717) is 0 Å². The quantitative estimate of drug-likeness (QED) is 0.814. The molecule has 0 spiro atoms. The molecule has 1 amide bonds. The summed E-state index contributed by atoms with van der Waals surface area (Å²) in [5, 5.41) is 20.4. The van der Waals surface area contributed by atoms with Gasteiger partial charge in [0, 0.05) is 23.9 Å². The number of carbonyl (C=O) groups excluding carboxylic acids is 1. The van der Waals surface area contributed by atoms with Crippen LogP contribution >= 0.6 is 11.3 Å². The zero-order chi connectivity index (χ0) is 14.0. The fourth-order valence-corrected chi connectivity index (χ4v) is 2.91. The number of aliphatic hydroxyl groups excluding tert-OH is 1. The summed E-state index contributed by atoms with van der Waals surface area (Å²) in [6.07, 6.45) is 2.38. The second-order valence-corrected chi connectivity index (χ2v) is 5.48. The van der Waals surface area contributed by atoms with Crippen molar-refractivity contribution in [3.8, 4) is 0 Å². The molecule has 0 aliphatic carbocycles. The summed E-state index contributed by atoms with van der Waals surface area (Å²) in [5.41, 5.74) is 1.07. The minimum Gasteiger partial charge on any atom is -0.480 e. The molecule has 102 valence electrons. The van der Waals surface area contributed by atoms with Crippen molar-refractivity contribution in [1.82, 2.24) is 4.90 Å². The van der Waals surface area contributed by atoms with Crippen LogP contribution in [0.4, 0.5) is 0 Å². The Morgan fingerprint density at radius 3 is 2.84 bits per heavy atom. The van der Waals surface area contributed by atoms with Crippen LogP contribution in [0, 0.1) is 6.92 Å². The highest BCUT2D eigenvalue weighted by molar-refractivity contribution is 7.11. The van der Waals surface area contributed by atoms with Crippen LogP contribution in [0.2, 0.25) is 0 Å². The number of carboxylic acid groups (broad SMARTS) is 1. The van der Waals surface area contributed by atoms with Crippen molar-refractivity contribution in [1.29, 1.82) is 0 Å². The van der Waals surface area contributed by atoms with E-state index in [1.54, 1.807) is 6.08 Å². The van der Waals surface area contributed by atoms with Crippen LogP contribution in [-0.2, 0) is 9.59 Å². The number of thiophene rings is 1. The summed E-state index contributed by atoms with van der Waals surface area (Å²) < 4.78 is 0. The van der Waals surface area contributed by atoms with Crippen molar-refractivity contribution in [2.75, 3.05) is 6.54 Å². The molecule has 2 heterocycles. The Balaban J connectivity index is 2.09. The number of carboxylic acids is 1. The van der Waals surface area contributed by atoms with Gasteiger partial charge in [0.1, 0.15) is 6.04 Å². The predicted molar refractivity (Wildman–Crippen MR) is 71.9 cm³/mol. The molecule has 1 aromatic heterocycles. The Kier molecular flexibility index (Phi) is 4.01. The fraction of sp³-hybridized carbons (Fsp3) is 0.385. The van der Waals surface area contributed by atoms with E-state index in [0.717, 1.165) is 10.4 Å². The second kappa shape index (κ2) is 5.54. The van der Waals surface area contributed by atoms with Crippen molar-refractivity contribution >= 4 is 29.3 Å². The van der Waals surface area contributed by atoms with Crippen molar-refractivity contribution in [3.63, 3.8) is 0 Å².